The lowest BCUT2D eigenvalue weighted by atomic mass is 10.3. The number of H-pyrrole nitrogens is 1. The van der Waals surface area contributed by atoms with Crippen LogP contribution in [-0.2, 0) is 4.74 Å². The van der Waals surface area contributed by atoms with E-state index in [4.69, 9.17) is 15.7 Å². The van der Waals surface area contributed by atoms with Crippen LogP contribution in [0, 0.1) is 11.3 Å². The molecule has 2 aromatic rings. The van der Waals surface area contributed by atoms with Crippen molar-refractivity contribution in [3.63, 3.8) is 0 Å². The number of hydrogen-bond acceptors (Lipinski definition) is 6. The summed E-state index contributed by atoms with van der Waals surface area (Å²) in [5.41, 5.74) is 4.68. The summed E-state index contributed by atoms with van der Waals surface area (Å²) in [7, 11) is 0. The zero-order valence-electron chi connectivity index (χ0n) is 9.43. The molecule has 0 saturated heterocycles. The predicted octanol–water partition coefficient (Wildman–Crippen LogP) is -0.347. The Kier molecular flexibility index (Phi) is 2.73. The molecule has 0 unspecified atom stereocenters. The van der Waals surface area contributed by atoms with Crippen molar-refractivity contribution in [1.82, 2.24) is 14.6 Å². The summed E-state index contributed by atoms with van der Waals surface area (Å²) in [5, 5.41) is 11.3. The van der Waals surface area contributed by atoms with Crippen LogP contribution in [0.5, 0.6) is 0 Å². The molecular weight excluding hydrogens is 238 g/mol. The molecule has 8 nitrogen and oxygen atoms in total. The molecule has 0 radical (unpaired) electrons. The third kappa shape index (κ3) is 1.58. The van der Waals surface area contributed by atoms with Crippen LogP contribution in [0.2, 0.25) is 0 Å². The summed E-state index contributed by atoms with van der Waals surface area (Å²) in [4.78, 5) is 27.3. The number of fused-ring (bicyclic) bond motifs is 1. The second-order valence-corrected chi connectivity index (χ2v) is 3.36. The minimum atomic E-state index is -0.657. The predicted molar refractivity (Wildman–Crippen MR) is 60.9 cm³/mol. The smallest absolute Gasteiger partial charge is 0.343 e. The lowest BCUT2D eigenvalue weighted by Gasteiger charge is -2.00. The summed E-state index contributed by atoms with van der Waals surface area (Å²) in [5.74, 6) is -0.833. The Morgan fingerprint density at radius 3 is 3.06 bits per heavy atom. The molecule has 0 atom stereocenters. The average Bonchev–Trinajstić information content (AvgIpc) is 2.73. The van der Waals surface area contributed by atoms with Gasteiger partial charge in [0.2, 0.25) is 0 Å². The topological polar surface area (TPSA) is 126 Å². The minimum Gasteiger partial charge on any atom is -0.462 e. The number of aromatic amines is 1. The van der Waals surface area contributed by atoms with Crippen molar-refractivity contribution in [2.75, 3.05) is 12.3 Å². The van der Waals surface area contributed by atoms with E-state index in [1.807, 2.05) is 0 Å². The van der Waals surface area contributed by atoms with Gasteiger partial charge in [-0.15, -0.1) is 0 Å². The van der Waals surface area contributed by atoms with Crippen LogP contribution in [-0.4, -0.2) is 27.2 Å². The highest BCUT2D eigenvalue weighted by molar-refractivity contribution is 5.95. The van der Waals surface area contributed by atoms with E-state index in [9.17, 15) is 9.59 Å². The van der Waals surface area contributed by atoms with E-state index in [2.05, 4.69) is 10.1 Å². The number of nitriles is 1. The van der Waals surface area contributed by atoms with Gasteiger partial charge in [-0.25, -0.2) is 9.78 Å². The number of ether oxygens (including phenoxy) is 1. The molecule has 0 spiro atoms. The molecule has 0 fully saturated rings. The molecule has 0 saturated carbocycles. The average molecular weight is 247 g/mol. The van der Waals surface area contributed by atoms with Gasteiger partial charge < -0.3 is 10.5 Å². The third-order valence-electron chi connectivity index (χ3n) is 2.30. The highest BCUT2D eigenvalue weighted by Gasteiger charge is 2.18. The Hall–Kier alpha value is -2.82. The first-order chi connectivity index (χ1) is 8.60. The molecule has 8 heteroatoms. The van der Waals surface area contributed by atoms with Gasteiger partial charge in [0.15, 0.2) is 11.2 Å². The number of nitrogens with one attached hydrogen (secondary N) is 1. The maximum absolute atomic E-state index is 11.8. The van der Waals surface area contributed by atoms with Crippen LogP contribution in [0.3, 0.4) is 0 Å². The molecule has 0 aliphatic heterocycles. The highest BCUT2D eigenvalue weighted by atomic mass is 16.5. The number of carbonyl (C=O) groups is 1. The van der Waals surface area contributed by atoms with E-state index >= 15 is 0 Å². The normalized spacial score (nSPS) is 10.2. The Morgan fingerprint density at radius 1 is 1.72 bits per heavy atom. The van der Waals surface area contributed by atoms with E-state index in [1.165, 1.54) is 6.20 Å². The van der Waals surface area contributed by atoms with Gasteiger partial charge in [0.05, 0.1) is 6.61 Å². The number of nitrogens with two attached hydrogens (primary N) is 1. The van der Waals surface area contributed by atoms with Crippen molar-refractivity contribution < 1.29 is 9.53 Å². The lowest BCUT2D eigenvalue weighted by molar-refractivity contribution is 0.0528. The van der Waals surface area contributed by atoms with E-state index in [-0.39, 0.29) is 29.2 Å². The highest BCUT2D eigenvalue weighted by Crippen LogP contribution is 2.11. The zero-order valence-corrected chi connectivity index (χ0v) is 9.43. The van der Waals surface area contributed by atoms with E-state index in [0.29, 0.717) is 0 Å². The van der Waals surface area contributed by atoms with Crippen LogP contribution in [0.25, 0.3) is 5.65 Å². The monoisotopic (exact) mass is 247 g/mol. The van der Waals surface area contributed by atoms with E-state index < -0.39 is 11.5 Å². The summed E-state index contributed by atoms with van der Waals surface area (Å²) < 4.78 is 5.78. The van der Waals surface area contributed by atoms with Crippen molar-refractivity contribution in [3.05, 3.63) is 27.7 Å². The molecule has 0 amide bonds. The van der Waals surface area contributed by atoms with Crippen LogP contribution in [0.4, 0.5) is 5.82 Å². The second kappa shape index (κ2) is 4.21. The fourth-order valence-corrected chi connectivity index (χ4v) is 1.50. The molecule has 2 heterocycles. The molecular formula is C10H9N5O3. The lowest BCUT2D eigenvalue weighted by Crippen LogP contribution is -2.21. The van der Waals surface area contributed by atoms with Gasteiger partial charge in [-0.1, -0.05) is 0 Å². The van der Waals surface area contributed by atoms with Crippen molar-refractivity contribution in [1.29, 1.82) is 5.26 Å². The van der Waals surface area contributed by atoms with Gasteiger partial charge in [0.25, 0.3) is 5.56 Å². The van der Waals surface area contributed by atoms with Crippen molar-refractivity contribution in [2.24, 2.45) is 0 Å². The number of aromatic nitrogens is 3. The quantitative estimate of drug-likeness (QED) is 0.698. The molecule has 2 aromatic heterocycles. The fourth-order valence-electron chi connectivity index (χ4n) is 1.50. The van der Waals surface area contributed by atoms with E-state index in [1.54, 1.807) is 13.0 Å². The summed E-state index contributed by atoms with van der Waals surface area (Å²) in [6.07, 6.45) is 1.28. The molecule has 2 rings (SSSR count). The fraction of sp³-hybridized carbons (Fsp3) is 0.200. The van der Waals surface area contributed by atoms with Gasteiger partial charge in [0, 0.05) is 6.20 Å². The number of rotatable bonds is 2. The summed E-state index contributed by atoms with van der Waals surface area (Å²) in [6.45, 7) is 1.86. The van der Waals surface area contributed by atoms with Crippen molar-refractivity contribution in [2.45, 2.75) is 6.92 Å². The number of carbonyl (C=O) groups excluding carboxylic acids is 1. The van der Waals surface area contributed by atoms with Crippen molar-refractivity contribution >= 4 is 17.4 Å². The maximum atomic E-state index is 11.8. The molecule has 92 valence electrons. The van der Waals surface area contributed by atoms with Crippen molar-refractivity contribution in [3.8, 4) is 6.07 Å². The molecule has 0 aromatic carbocycles. The summed E-state index contributed by atoms with van der Waals surface area (Å²) >= 11 is 0. The second-order valence-electron chi connectivity index (χ2n) is 3.36. The van der Waals surface area contributed by atoms with Crippen LogP contribution in [0.15, 0.2) is 11.0 Å². The first kappa shape index (κ1) is 11.7. The third-order valence-corrected chi connectivity index (χ3v) is 2.30. The number of esters is 1. The maximum Gasteiger partial charge on any atom is 0.343 e. The van der Waals surface area contributed by atoms with Gasteiger partial charge in [-0.05, 0) is 6.92 Å². The molecule has 18 heavy (non-hydrogen) atoms. The molecule has 0 bridgehead atoms. The number of anilines is 1. The standard InChI is InChI=1S/C10H9N5O3/c1-2-18-10(17)6-4-13-15-8(6)14-7(12)5(3-11)9(15)16/h4,13H,2,12H2,1H3. The first-order valence-electron chi connectivity index (χ1n) is 5.07. The van der Waals surface area contributed by atoms with Crippen LogP contribution >= 0.6 is 0 Å². The van der Waals surface area contributed by atoms with Gasteiger partial charge in [0.1, 0.15) is 17.5 Å². The molecule has 0 aliphatic rings. The number of hydrogen-bond donors (Lipinski definition) is 2. The Bertz CT molecular complexity index is 721. The number of nitrogen functional groups attached to an aromatic ring is 1. The van der Waals surface area contributed by atoms with Gasteiger partial charge in [-0.3, -0.25) is 9.89 Å². The minimum absolute atomic E-state index is 0.0370. The Balaban J connectivity index is 2.73. The van der Waals surface area contributed by atoms with Crippen LogP contribution in [0.1, 0.15) is 22.8 Å². The van der Waals surface area contributed by atoms with Gasteiger partial charge >= 0.3 is 5.97 Å². The Morgan fingerprint density at radius 2 is 2.44 bits per heavy atom. The number of nitrogens with zero attached hydrogens (tertiary/aromatic N) is 3. The largest absolute Gasteiger partial charge is 0.462 e. The molecule has 0 aliphatic carbocycles. The zero-order chi connectivity index (χ0) is 13.3. The summed E-state index contributed by atoms with van der Waals surface area (Å²) in [6, 6.07) is 1.66. The van der Waals surface area contributed by atoms with Crippen LogP contribution < -0.4 is 11.3 Å². The van der Waals surface area contributed by atoms with Gasteiger partial charge in [-0.2, -0.15) is 9.78 Å². The first-order valence-corrected chi connectivity index (χ1v) is 5.07. The van der Waals surface area contributed by atoms with E-state index in [0.717, 1.165) is 4.52 Å². The molecule has 3 N–H and O–H groups in total. The SMILES string of the molecule is CCOC(=O)c1c[nH]n2c(=O)c(C#N)c(N)nc12. The Labute approximate surface area is 101 Å².